The van der Waals surface area contributed by atoms with Crippen LogP contribution in [0.2, 0.25) is 0 Å². The lowest BCUT2D eigenvalue weighted by Crippen LogP contribution is -2.43. The van der Waals surface area contributed by atoms with Crippen molar-refractivity contribution in [1.82, 2.24) is 0 Å². The number of aromatic hydroxyl groups is 1. The van der Waals surface area contributed by atoms with E-state index in [-0.39, 0.29) is 34.7 Å². The van der Waals surface area contributed by atoms with E-state index in [1.807, 2.05) is 18.2 Å². The Morgan fingerprint density at radius 1 is 0.879 bits per heavy atom. The summed E-state index contributed by atoms with van der Waals surface area (Å²) in [7, 11) is 0. The summed E-state index contributed by atoms with van der Waals surface area (Å²) < 4.78 is 11.9. The molecule has 1 fully saturated rings. The highest BCUT2D eigenvalue weighted by molar-refractivity contribution is 6.06. The normalized spacial score (nSPS) is 23.4. The van der Waals surface area contributed by atoms with Crippen LogP contribution >= 0.6 is 0 Å². The molecule has 1 unspecified atom stereocenters. The molecular weight excluding hydrogens is 412 g/mol. The van der Waals surface area contributed by atoms with Crippen molar-refractivity contribution in [2.75, 3.05) is 13.2 Å². The van der Waals surface area contributed by atoms with Gasteiger partial charge in [0, 0.05) is 10.8 Å². The monoisotopic (exact) mass is 444 g/mol. The van der Waals surface area contributed by atoms with Crippen LogP contribution in [0.3, 0.4) is 0 Å². The first-order chi connectivity index (χ1) is 15.6. The Balaban J connectivity index is 1.67. The molecule has 1 heterocycles. The Bertz CT molecular complexity index is 1270. The number of phenolic OH excluding ortho intramolecular Hbond substituents is 1. The summed E-state index contributed by atoms with van der Waals surface area (Å²) in [4.78, 5) is 0. The highest BCUT2D eigenvalue weighted by Gasteiger charge is 2.53. The van der Waals surface area contributed by atoms with Gasteiger partial charge in [-0.3, -0.25) is 0 Å². The van der Waals surface area contributed by atoms with Crippen LogP contribution in [0, 0.1) is 10.8 Å². The number of fused-ring (bicyclic) bond motifs is 8. The van der Waals surface area contributed by atoms with Crippen LogP contribution < -0.4 is 9.47 Å². The molecule has 0 saturated heterocycles. The second-order valence-electron chi connectivity index (χ2n) is 11.9. The predicted octanol–water partition coefficient (Wildman–Crippen LogP) is 6.18. The molecule has 4 nitrogen and oxygen atoms in total. The number of hydrogen-bond donors (Lipinski definition) is 2. The highest BCUT2D eigenvalue weighted by atomic mass is 16.6. The van der Waals surface area contributed by atoms with Crippen LogP contribution in [0.5, 0.6) is 17.2 Å². The second kappa shape index (κ2) is 6.66. The van der Waals surface area contributed by atoms with Crippen molar-refractivity contribution in [3.63, 3.8) is 0 Å². The van der Waals surface area contributed by atoms with Gasteiger partial charge in [-0.2, -0.15) is 0 Å². The van der Waals surface area contributed by atoms with Crippen LogP contribution in [0.1, 0.15) is 58.1 Å². The van der Waals surface area contributed by atoms with Crippen molar-refractivity contribution in [1.29, 1.82) is 0 Å². The summed E-state index contributed by atoms with van der Waals surface area (Å²) in [6, 6.07) is 14.7. The van der Waals surface area contributed by atoms with Gasteiger partial charge in [0.1, 0.15) is 12.4 Å². The number of hydrogen-bond acceptors (Lipinski definition) is 4. The third-order valence-electron chi connectivity index (χ3n) is 7.85. The smallest absolute Gasteiger partial charge is 0.162 e. The van der Waals surface area contributed by atoms with Crippen molar-refractivity contribution in [3.05, 3.63) is 53.6 Å². The molecule has 6 rings (SSSR count). The largest absolute Gasteiger partial charge is 0.507 e. The maximum absolute atomic E-state index is 11.3. The molecule has 2 N–H and O–H groups in total. The molecule has 0 bridgehead atoms. The van der Waals surface area contributed by atoms with E-state index < -0.39 is 0 Å². The van der Waals surface area contributed by atoms with Crippen molar-refractivity contribution < 1.29 is 19.7 Å². The van der Waals surface area contributed by atoms with E-state index in [0.717, 1.165) is 23.6 Å². The molecule has 3 aromatic rings. The van der Waals surface area contributed by atoms with Gasteiger partial charge in [-0.15, -0.1) is 0 Å². The molecule has 0 amide bonds. The fraction of sp³-hybridized carbons (Fsp3) is 0.448. The molecule has 4 heteroatoms. The van der Waals surface area contributed by atoms with Crippen LogP contribution in [0.25, 0.3) is 21.9 Å². The maximum atomic E-state index is 11.3. The zero-order valence-corrected chi connectivity index (χ0v) is 19.9. The number of benzene rings is 3. The summed E-state index contributed by atoms with van der Waals surface area (Å²) in [5, 5.41) is 22.6. The summed E-state index contributed by atoms with van der Waals surface area (Å²) in [6.07, 6.45) is 2.91. The van der Waals surface area contributed by atoms with Crippen molar-refractivity contribution in [2.24, 2.45) is 10.8 Å². The molecule has 33 heavy (non-hydrogen) atoms. The molecule has 1 saturated carbocycles. The molecule has 3 aromatic carbocycles. The van der Waals surface area contributed by atoms with Gasteiger partial charge >= 0.3 is 0 Å². The van der Waals surface area contributed by atoms with Gasteiger partial charge in [-0.1, -0.05) is 52.0 Å². The lowest BCUT2D eigenvalue weighted by molar-refractivity contribution is 0.0459. The van der Waals surface area contributed by atoms with Crippen molar-refractivity contribution >= 4 is 10.8 Å². The molecule has 1 spiro atoms. The first kappa shape index (κ1) is 20.9. The average molecular weight is 445 g/mol. The van der Waals surface area contributed by atoms with E-state index in [1.165, 1.54) is 28.7 Å². The highest BCUT2D eigenvalue weighted by Crippen LogP contribution is 2.65. The third kappa shape index (κ3) is 3.00. The number of phenols is 1. The first-order valence-electron chi connectivity index (χ1n) is 12.0. The lowest BCUT2D eigenvalue weighted by atomic mass is 9.52. The summed E-state index contributed by atoms with van der Waals surface area (Å²) in [5.74, 6) is 1.53. The van der Waals surface area contributed by atoms with Gasteiger partial charge in [0.15, 0.2) is 17.6 Å². The van der Waals surface area contributed by atoms with Crippen LogP contribution in [-0.2, 0) is 5.41 Å². The molecule has 0 aromatic heterocycles. The van der Waals surface area contributed by atoms with Crippen LogP contribution in [-0.4, -0.2) is 29.5 Å². The zero-order valence-electron chi connectivity index (χ0n) is 19.9. The van der Waals surface area contributed by atoms with E-state index in [9.17, 15) is 10.2 Å². The van der Waals surface area contributed by atoms with Gasteiger partial charge in [-0.05, 0) is 75.9 Å². The SMILES string of the molecule is CC1(C)CC(C)(C)CC2(C1)c1ccccc1-c1c2cc(O)c2cc3c(cc12)OC(CO)CO3. The van der Waals surface area contributed by atoms with Gasteiger partial charge < -0.3 is 19.7 Å². The Morgan fingerprint density at radius 2 is 1.58 bits per heavy atom. The quantitative estimate of drug-likeness (QED) is 0.470. The molecule has 0 radical (unpaired) electrons. The van der Waals surface area contributed by atoms with Gasteiger partial charge in [0.2, 0.25) is 0 Å². The van der Waals surface area contributed by atoms with Crippen molar-refractivity contribution in [2.45, 2.75) is 58.5 Å². The van der Waals surface area contributed by atoms with Crippen molar-refractivity contribution in [3.8, 4) is 28.4 Å². The minimum Gasteiger partial charge on any atom is -0.507 e. The van der Waals surface area contributed by atoms with Gasteiger partial charge in [0.25, 0.3) is 0 Å². The standard InChI is InChI=1S/C29H32O4/c1-27(2)14-28(3,4)16-29(15-27)21-8-6-5-7-18(21)26-20-10-25-24(32-13-17(12-30)33-25)9-19(20)23(31)11-22(26)29/h5-11,17,30-31H,12-16H2,1-4H3. The van der Waals surface area contributed by atoms with E-state index in [2.05, 4.69) is 52.0 Å². The zero-order chi connectivity index (χ0) is 23.2. The van der Waals surface area contributed by atoms with Gasteiger partial charge in [-0.25, -0.2) is 0 Å². The molecule has 3 aliphatic rings. The number of ether oxygens (including phenoxy) is 2. The molecule has 1 aliphatic heterocycles. The minimum atomic E-state index is -0.376. The second-order valence-corrected chi connectivity index (χ2v) is 11.9. The summed E-state index contributed by atoms with van der Waals surface area (Å²) in [5.41, 5.74) is 5.28. The summed E-state index contributed by atoms with van der Waals surface area (Å²) in [6.45, 7) is 9.74. The predicted molar refractivity (Wildman–Crippen MR) is 130 cm³/mol. The maximum Gasteiger partial charge on any atom is 0.162 e. The fourth-order valence-corrected chi connectivity index (χ4v) is 7.53. The fourth-order valence-electron chi connectivity index (χ4n) is 7.53. The van der Waals surface area contributed by atoms with E-state index in [4.69, 9.17) is 9.47 Å². The number of rotatable bonds is 1. The molecular formula is C29H32O4. The van der Waals surface area contributed by atoms with Crippen LogP contribution in [0.4, 0.5) is 0 Å². The Kier molecular flexibility index (Phi) is 4.21. The Hall–Kier alpha value is -2.72. The molecule has 1 atom stereocenters. The average Bonchev–Trinajstić information content (AvgIpc) is 2.99. The molecule has 172 valence electrons. The topological polar surface area (TPSA) is 58.9 Å². The number of aliphatic hydroxyl groups excluding tert-OH is 1. The Morgan fingerprint density at radius 3 is 2.30 bits per heavy atom. The molecule has 2 aliphatic carbocycles. The Labute approximate surface area is 195 Å². The van der Waals surface area contributed by atoms with Crippen LogP contribution in [0.15, 0.2) is 42.5 Å². The van der Waals surface area contributed by atoms with E-state index in [0.29, 0.717) is 18.1 Å². The lowest BCUT2D eigenvalue weighted by Gasteiger charge is -2.51. The van der Waals surface area contributed by atoms with E-state index >= 15 is 0 Å². The minimum absolute atomic E-state index is 0.0915. The van der Waals surface area contributed by atoms with E-state index in [1.54, 1.807) is 0 Å². The first-order valence-corrected chi connectivity index (χ1v) is 12.0. The summed E-state index contributed by atoms with van der Waals surface area (Å²) >= 11 is 0. The third-order valence-corrected chi connectivity index (χ3v) is 7.85. The van der Waals surface area contributed by atoms with Gasteiger partial charge in [0.05, 0.1) is 6.61 Å². The number of aliphatic hydroxyl groups is 1.